The number of imidazole rings is 1. The molecule has 4 aromatic rings. The van der Waals surface area contributed by atoms with E-state index in [9.17, 15) is 4.39 Å². The SMILES string of the molecule is COc1ccc(Oc2nccc(-c3c(-c4ccc(F)cc4)ncn3C3CCNCC3)n2)cc1. The zero-order valence-electron chi connectivity index (χ0n) is 18.2. The lowest BCUT2D eigenvalue weighted by atomic mass is 10.0. The van der Waals surface area contributed by atoms with Gasteiger partial charge in [-0.05, 0) is 80.5 Å². The molecule has 1 N–H and O–H groups in total. The third kappa shape index (κ3) is 4.56. The normalized spacial score (nSPS) is 14.2. The van der Waals surface area contributed by atoms with Crippen LogP contribution in [0.1, 0.15) is 18.9 Å². The summed E-state index contributed by atoms with van der Waals surface area (Å²) in [5.74, 6) is 1.07. The molecular weight excluding hydrogens is 421 g/mol. The number of hydrogen-bond donors (Lipinski definition) is 1. The van der Waals surface area contributed by atoms with Gasteiger partial charge in [-0.25, -0.2) is 14.4 Å². The van der Waals surface area contributed by atoms with E-state index in [0.29, 0.717) is 17.5 Å². The van der Waals surface area contributed by atoms with Crippen molar-refractivity contribution in [2.24, 2.45) is 0 Å². The van der Waals surface area contributed by atoms with Crippen LogP contribution in [-0.4, -0.2) is 39.7 Å². The van der Waals surface area contributed by atoms with Gasteiger partial charge in [0.05, 0.1) is 30.5 Å². The average molecular weight is 445 g/mol. The highest BCUT2D eigenvalue weighted by Gasteiger charge is 2.23. The molecular formula is C25H24FN5O2. The Morgan fingerprint density at radius 2 is 1.67 bits per heavy atom. The molecule has 3 heterocycles. The molecule has 8 heteroatoms. The predicted octanol–water partition coefficient (Wildman–Crippen LogP) is 4.87. The number of rotatable bonds is 6. The third-order valence-electron chi connectivity index (χ3n) is 5.76. The van der Waals surface area contributed by atoms with E-state index in [1.54, 1.807) is 37.6 Å². The first kappa shape index (κ1) is 21.1. The summed E-state index contributed by atoms with van der Waals surface area (Å²) in [5.41, 5.74) is 3.15. The van der Waals surface area contributed by atoms with E-state index in [4.69, 9.17) is 19.4 Å². The van der Waals surface area contributed by atoms with Gasteiger partial charge < -0.3 is 19.4 Å². The van der Waals surface area contributed by atoms with Gasteiger partial charge in [0.25, 0.3) is 0 Å². The lowest BCUT2D eigenvalue weighted by molar-refractivity contribution is 0.370. The van der Waals surface area contributed by atoms with Crippen molar-refractivity contribution >= 4 is 0 Å². The number of aromatic nitrogens is 4. The van der Waals surface area contributed by atoms with Crippen LogP contribution in [0.15, 0.2) is 67.1 Å². The second-order valence-corrected chi connectivity index (χ2v) is 7.84. The Kier molecular flexibility index (Phi) is 5.99. The van der Waals surface area contributed by atoms with Crippen molar-refractivity contribution in [3.05, 3.63) is 72.9 Å². The molecule has 33 heavy (non-hydrogen) atoms. The van der Waals surface area contributed by atoms with Crippen LogP contribution in [0.5, 0.6) is 17.5 Å². The molecule has 1 aliphatic rings. The number of benzene rings is 2. The van der Waals surface area contributed by atoms with E-state index in [0.717, 1.165) is 48.6 Å². The van der Waals surface area contributed by atoms with Crippen LogP contribution in [0.2, 0.25) is 0 Å². The van der Waals surface area contributed by atoms with E-state index in [-0.39, 0.29) is 11.8 Å². The molecule has 0 atom stereocenters. The van der Waals surface area contributed by atoms with Crippen LogP contribution >= 0.6 is 0 Å². The second-order valence-electron chi connectivity index (χ2n) is 7.84. The summed E-state index contributed by atoms with van der Waals surface area (Å²) in [6, 6.07) is 16.0. The van der Waals surface area contributed by atoms with Gasteiger partial charge in [-0.2, -0.15) is 4.98 Å². The molecule has 0 spiro atoms. The molecule has 0 radical (unpaired) electrons. The first-order valence-electron chi connectivity index (χ1n) is 10.9. The Balaban J connectivity index is 1.54. The highest BCUT2D eigenvalue weighted by Crippen LogP contribution is 2.35. The van der Waals surface area contributed by atoms with Crippen molar-refractivity contribution < 1.29 is 13.9 Å². The van der Waals surface area contributed by atoms with Gasteiger partial charge >= 0.3 is 6.01 Å². The van der Waals surface area contributed by atoms with Gasteiger partial charge in [-0.3, -0.25) is 0 Å². The molecule has 0 bridgehead atoms. The van der Waals surface area contributed by atoms with Crippen molar-refractivity contribution in [2.45, 2.75) is 18.9 Å². The Labute approximate surface area is 191 Å². The number of nitrogens with zero attached hydrogens (tertiary/aromatic N) is 4. The van der Waals surface area contributed by atoms with Gasteiger partial charge in [-0.1, -0.05) is 0 Å². The maximum atomic E-state index is 13.6. The van der Waals surface area contributed by atoms with Gasteiger partial charge in [0.1, 0.15) is 17.3 Å². The number of nitrogens with one attached hydrogen (secondary N) is 1. The molecule has 1 saturated heterocycles. The second kappa shape index (κ2) is 9.38. The largest absolute Gasteiger partial charge is 0.497 e. The monoisotopic (exact) mass is 445 g/mol. The number of ether oxygens (including phenoxy) is 2. The van der Waals surface area contributed by atoms with Crippen LogP contribution in [0.25, 0.3) is 22.6 Å². The summed E-state index contributed by atoms with van der Waals surface area (Å²) in [6.07, 6.45) is 5.52. The van der Waals surface area contributed by atoms with E-state index in [2.05, 4.69) is 14.9 Å². The summed E-state index contributed by atoms with van der Waals surface area (Å²) in [7, 11) is 1.62. The highest BCUT2D eigenvalue weighted by molar-refractivity contribution is 5.77. The van der Waals surface area contributed by atoms with Crippen molar-refractivity contribution in [3.63, 3.8) is 0 Å². The lowest BCUT2D eigenvalue weighted by Crippen LogP contribution is -2.29. The minimum Gasteiger partial charge on any atom is -0.497 e. The quantitative estimate of drug-likeness (QED) is 0.456. The maximum Gasteiger partial charge on any atom is 0.322 e. The van der Waals surface area contributed by atoms with Crippen molar-refractivity contribution in [1.82, 2.24) is 24.8 Å². The Hall–Kier alpha value is -3.78. The summed E-state index contributed by atoms with van der Waals surface area (Å²) in [5, 5.41) is 3.40. The van der Waals surface area contributed by atoms with Crippen LogP contribution in [0, 0.1) is 5.82 Å². The summed E-state index contributed by atoms with van der Waals surface area (Å²) in [4.78, 5) is 13.7. The van der Waals surface area contributed by atoms with Gasteiger partial charge in [0.2, 0.25) is 0 Å². The number of piperidine rings is 1. The van der Waals surface area contributed by atoms with Crippen molar-refractivity contribution in [1.29, 1.82) is 0 Å². The smallest absolute Gasteiger partial charge is 0.322 e. The fraction of sp³-hybridized carbons (Fsp3) is 0.240. The van der Waals surface area contributed by atoms with E-state index in [1.165, 1.54) is 12.1 Å². The molecule has 0 unspecified atom stereocenters. The van der Waals surface area contributed by atoms with Crippen LogP contribution in [0.4, 0.5) is 4.39 Å². The summed E-state index contributed by atoms with van der Waals surface area (Å²) < 4.78 is 26.8. The number of hydrogen-bond acceptors (Lipinski definition) is 6. The van der Waals surface area contributed by atoms with E-state index >= 15 is 0 Å². The van der Waals surface area contributed by atoms with Gasteiger partial charge in [-0.15, -0.1) is 0 Å². The summed E-state index contributed by atoms with van der Waals surface area (Å²) >= 11 is 0. The minimum absolute atomic E-state index is 0.237. The summed E-state index contributed by atoms with van der Waals surface area (Å²) in [6.45, 7) is 1.90. The van der Waals surface area contributed by atoms with Crippen molar-refractivity contribution in [2.75, 3.05) is 20.2 Å². The Morgan fingerprint density at radius 3 is 2.39 bits per heavy atom. The molecule has 0 aliphatic carbocycles. The van der Waals surface area contributed by atoms with Crippen LogP contribution < -0.4 is 14.8 Å². The molecule has 1 fully saturated rings. The average Bonchev–Trinajstić information content (AvgIpc) is 3.31. The zero-order chi connectivity index (χ0) is 22.6. The van der Waals surface area contributed by atoms with Gasteiger partial charge in [0.15, 0.2) is 0 Å². The minimum atomic E-state index is -0.282. The van der Waals surface area contributed by atoms with Crippen LogP contribution in [0.3, 0.4) is 0 Å². The standard InChI is InChI=1S/C25H24FN5O2/c1-32-20-6-8-21(9-7-20)33-25-28-15-12-22(30-25)24-23(17-2-4-18(26)5-3-17)29-16-31(24)19-10-13-27-14-11-19/h2-9,12,15-16,19,27H,10-11,13-14H2,1H3. The first-order valence-corrected chi connectivity index (χ1v) is 10.9. The molecule has 0 amide bonds. The molecule has 1 aliphatic heterocycles. The molecule has 0 saturated carbocycles. The fourth-order valence-electron chi connectivity index (χ4n) is 4.07. The Bertz CT molecular complexity index is 1220. The topological polar surface area (TPSA) is 74.1 Å². The number of methoxy groups -OCH3 is 1. The molecule has 5 rings (SSSR count). The zero-order valence-corrected chi connectivity index (χ0v) is 18.2. The molecule has 2 aromatic heterocycles. The predicted molar refractivity (Wildman–Crippen MR) is 123 cm³/mol. The van der Waals surface area contributed by atoms with E-state index in [1.807, 2.05) is 24.5 Å². The molecule has 7 nitrogen and oxygen atoms in total. The molecule has 2 aromatic carbocycles. The van der Waals surface area contributed by atoms with E-state index < -0.39 is 0 Å². The Morgan fingerprint density at radius 1 is 0.939 bits per heavy atom. The number of halogens is 1. The van der Waals surface area contributed by atoms with Gasteiger partial charge in [0, 0.05) is 17.8 Å². The van der Waals surface area contributed by atoms with Crippen molar-refractivity contribution in [3.8, 4) is 40.2 Å². The highest BCUT2D eigenvalue weighted by atomic mass is 19.1. The fourth-order valence-corrected chi connectivity index (χ4v) is 4.07. The first-order chi connectivity index (χ1) is 16.2. The molecule has 168 valence electrons. The maximum absolute atomic E-state index is 13.6. The van der Waals surface area contributed by atoms with Crippen LogP contribution in [-0.2, 0) is 0 Å². The lowest BCUT2D eigenvalue weighted by Gasteiger charge is -2.25. The third-order valence-corrected chi connectivity index (χ3v) is 5.76.